The Bertz CT molecular complexity index is 1570. The van der Waals surface area contributed by atoms with Crippen LogP contribution in [0.1, 0.15) is 49.7 Å². The highest BCUT2D eigenvalue weighted by Crippen LogP contribution is 2.48. The van der Waals surface area contributed by atoms with E-state index in [1.165, 1.54) is 0 Å². The maximum Gasteiger partial charge on any atom is 0.254 e. The van der Waals surface area contributed by atoms with Gasteiger partial charge in [-0.05, 0) is 62.1 Å². The van der Waals surface area contributed by atoms with Gasteiger partial charge in [-0.15, -0.1) is 0 Å². The fraction of sp³-hybridized carbons (Fsp3) is 0.294. The molecular weight excluding hydrogens is 532 g/mol. The maximum atomic E-state index is 14.1. The number of benzene rings is 3. The maximum absolute atomic E-state index is 14.1. The van der Waals surface area contributed by atoms with Crippen molar-refractivity contribution in [2.75, 3.05) is 33.3 Å². The van der Waals surface area contributed by atoms with Crippen LogP contribution in [0.4, 0.5) is 5.69 Å². The Hall–Kier alpha value is -4.72. The summed E-state index contributed by atoms with van der Waals surface area (Å²) in [6, 6.07) is 20.6. The third-order valence-corrected chi connectivity index (χ3v) is 7.84. The number of Topliss-reactive ketones (excluding diaryl/α,β-unsaturated/α-hetero) is 1. The summed E-state index contributed by atoms with van der Waals surface area (Å²) in [6.07, 6.45) is 0.895. The van der Waals surface area contributed by atoms with Gasteiger partial charge in [-0.25, -0.2) is 0 Å². The topological polar surface area (TPSA) is 95.1 Å². The SMILES string of the molecule is CCOc1ccccc1[C@@H]1C(C(=O)Nc2ccccc2OC)=C(C)NC2=C1C(=O)C[C@@H](c1ccc(OC)c(OC)c1)C2. The summed E-state index contributed by atoms with van der Waals surface area (Å²) in [5, 5.41) is 6.46. The van der Waals surface area contributed by atoms with Crippen LogP contribution in [0, 0.1) is 0 Å². The van der Waals surface area contributed by atoms with Gasteiger partial charge in [-0.3, -0.25) is 9.59 Å². The Labute approximate surface area is 246 Å². The highest BCUT2D eigenvalue weighted by molar-refractivity contribution is 6.10. The van der Waals surface area contributed by atoms with Crippen LogP contribution in [-0.4, -0.2) is 39.6 Å². The number of methoxy groups -OCH3 is 3. The first-order valence-electron chi connectivity index (χ1n) is 14.0. The molecule has 1 amide bonds. The molecule has 218 valence electrons. The predicted octanol–water partition coefficient (Wildman–Crippen LogP) is 6.11. The number of allylic oxidation sites excluding steroid dienone is 3. The van der Waals surface area contributed by atoms with Gasteiger partial charge < -0.3 is 29.6 Å². The van der Waals surface area contributed by atoms with Crippen molar-refractivity contribution in [3.05, 3.63) is 100 Å². The lowest BCUT2D eigenvalue weighted by Gasteiger charge is -2.37. The fourth-order valence-corrected chi connectivity index (χ4v) is 5.94. The van der Waals surface area contributed by atoms with Crippen molar-refractivity contribution < 1.29 is 28.5 Å². The van der Waals surface area contributed by atoms with E-state index < -0.39 is 5.92 Å². The van der Waals surface area contributed by atoms with Gasteiger partial charge >= 0.3 is 0 Å². The minimum absolute atomic E-state index is 0.0186. The number of para-hydroxylation sites is 3. The lowest BCUT2D eigenvalue weighted by molar-refractivity contribution is -0.116. The molecule has 0 fully saturated rings. The van der Waals surface area contributed by atoms with E-state index in [1.807, 2.05) is 68.4 Å². The number of carbonyl (C=O) groups excluding carboxylic acids is 2. The normalized spacial score (nSPS) is 18.2. The van der Waals surface area contributed by atoms with E-state index in [0.717, 1.165) is 16.8 Å². The second kappa shape index (κ2) is 12.4. The minimum Gasteiger partial charge on any atom is -0.495 e. The molecule has 2 aliphatic rings. The second-order valence-electron chi connectivity index (χ2n) is 10.3. The number of dihydropyridines is 1. The molecule has 3 aromatic carbocycles. The standard InChI is InChI=1S/C34H36N2O6/c1-6-42-27-13-9-7-11-23(27)32-31(34(38)36-24-12-8-10-14-28(24)39-3)20(2)35-25-17-22(18-26(37)33(25)32)21-15-16-29(40-4)30(19-21)41-5/h7-16,19,22,32,35H,6,17-18H2,1-5H3,(H,36,38)/t22-,32+/m0/s1. The Morgan fingerprint density at radius 1 is 0.881 bits per heavy atom. The lowest BCUT2D eigenvalue weighted by Crippen LogP contribution is -2.37. The molecule has 3 aromatic rings. The summed E-state index contributed by atoms with van der Waals surface area (Å²) >= 11 is 0. The molecular formula is C34H36N2O6. The molecule has 0 bridgehead atoms. The van der Waals surface area contributed by atoms with Gasteiger partial charge in [0.15, 0.2) is 17.3 Å². The molecule has 1 aliphatic heterocycles. The zero-order valence-corrected chi connectivity index (χ0v) is 24.6. The molecule has 0 radical (unpaired) electrons. The Balaban J connectivity index is 1.59. The Morgan fingerprint density at radius 2 is 1.57 bits per heavy atom. The summed E-state index contributed by atoms with van der Waals surface area (Å²) in [6.45, 7) is 4.25. The van der Waals surface area contributed by atoms with Gasteiger partial charge in [0.05, 0.1) is 39.5 Å². The van der Waals surface area contributed by atoms with E-state index in [9.17, 15) is 9.59 Å². The van der Waals surface area contributed by atoms with E-state index in [-0.39, 0.29) is 17.6 Å². The van der Waals surface area contributed by atoms with Gasteiger partial charge in [-0.2, -0.15) is 0 Å². The monoisotopic (exact) mass is 568 g/mol. The fourth-order valence-electron chi connectivity index (χ4n) is 5.94. The summed E-state index contributed by atoms with van der Waals surface area (Å²) < 4.78 is 22.4. The average molecular weight is 569 g/mol. The quantitative estimate of drug-likeness (QED) is 0.322. The number of rotatable bonds is 9. The van der Waals surface area contributed by atoms with Crippen LogP contribution >= 0.6 is 0 Å². The van der Waals surface area contributed by atoms with Crippen molar-refractivity contribution in [3.8, 4) is 23.0 Å². The number of ether oxygens (including phenoxy) is 4. The number of ketones is 1. The smallest absolute Gasteiger partial charge is 0.254 e. The number of nitrogens with one attached hydrogen (secondary N) is 2. The van der Waals surface area contributed by atoms with E-state index in [1.54, 1.807) is 33.5 Å². The minimum atomic E-state index is -0.613. The molecule has 0 spiro atoms. The van der Waals surface area contributed by atoms with Crippen molar-refractivity contribution in [3.63, 3.8) is 0 Å². The number of hydrogen-bond donors (Lipinski definition) is 2. The molecule has 0 saturated heterocycles. The molecule has 0 saturated carbocycles. The molecule has 5 rings (SSSR count). The van der Waals surface area contributed by atoms with E-state index in [2.05, 4.69) is 10.6 Å². The van der Waals surface area contributed by atoms with Crippen LogP contribution in [0.5, 0.6) is 23.0 Å². The number of amides is 1. The van der Waals surface area contributed by atoms with E-state index in [4.69, 9.17) is 18.9 Å². The van der Waals surface area contributed by atoms with Crippen molar-refractivity contribution in [1.82, 2.24) is 5.32 Å². The summed E-state index contributed by atoms with van der Waals surface area (Å²) in [7, 11) is 4.76. The van der Waals surface area contributed by atoms with Gasteiger partial charge in [-0.1, -0.05) is 36.4 Å². The van der Waals surface area contributed by atoms with Gasteiger partial charge in [0.2, 0.25) is 0 Å². The van der Waals surface area contributed by atoms with Crippen molar-refractivity contribution >= 4 is 17.4 Å². The molecule has 8 heteroatoms. The summed E-state index contributed by atoms with van der Waals surface area (Å²) in [5.74, 6) is 1.43. The second-order valence-corrected chi connectivity index (χ2v) is 10.3. The van der Waals surface area contributed by atoms with Gasteiger partial charge in [0.25, 0.3) is 5.91 Å². The molecule has 0 aromatic heterocycles. The third-order valence-electron chi connectivity index (χ3n) is 7.84. The predicted molar refractivity (Wildman–Crippen MR) is 161 cm³/mol. The van der Waals surface area contributed by atoms with E-state index in [0.29, 0.717) is 65.0 Å². The zero-order valence-electron chi connectivity index (χ0n) is 24.6. The first-order chi connectivity index (χ1) is 20.4. The first-order valence-corrected chi connectivity index (χ1v) is 14.0. The summed E-state index contributed by atoms with van der Waals surface area (Å²) in [5.41, 5.74) is 4.86. The molecule has 2 N–H and O–H groups in total. The summed E-state index contributed by atoms with van der Waals surface area (Å²) in [4.78, 5) is 28.1. The largest absolute Gasteiger partial charge is 0.495 e. The van der Waals surface area contributed by atoms with Crippen molar-refractivity contribution in [2.45, 2.75) is 38.5 Å². The molecule has 1 aliphatic carbocycles. The van der Waals surface area contributed by atoms with E-state index >= 15 is 0 Å². The first kappa shape index (κ1) is 28.8. The molecule has 2 atom stereocenters. The average Bonchev–Trinajstić information content (AvgIpc) is 3.00. The lowest BCUT2D eigenvalue weighted by atomic mass is 9.71. The van der Waals surface area contributed by atoms with Gasteiger partial charge in [0, 0.05) is 34.5 Å². The van der Waals surface area contributed by atoms with Crippen LogP contribution in [0.25, 0.3) is 0 Å². The highest BCUT2D eigenvalue weighted by Gasteiger charge is 2.42. The van der Waals surface area contributed by atoms with Crippen LogP contribution < -0.4 is 29.6 Å². The van der Waals surface area contributed by atoms with Crippen LogP contribution in [0.3, 0.4) is 0 Å². The highest BCUT2D eigenvalue weighted by atomic mass is 16.5. The Morgan fingerprint density at radius 3 is 2.29 bits per heavy atom. The number of anilines is 1. The van der Waals surface area contributed by atoms with Crippen LogP contribution in [-0.2, 0) is 9.59 Å². The van der Waals surface area contributed by atoms with Crippen LogP contribution in [0.2, 0.25) is 0 Å². The zero-order chi connectivity index (χ0) is 29.8. The number of carbonyl (C=O) groups is 2. The molecule has 42 heavy (non-hydrogen) atoms. The van der Waals surface area contributed by atoms with Crippen molar-refractivity contribution in [2.24, 2.45) is 0 Å². The van der Waals surface area contributed by atoms with Gasteiger partial charge in [0.1, 0.15) is 11.5 Å². The molecule has 8 nitrogen and oxygen atoms in total. The molecule has 1 heterocycles. The third kappa shape index (κ3) is 5.44. The number of hydrogen-bond acceptors (Lipinski definition) is 7. The van der Waals surface area contributed by atoms with Crippen LogP contribution in [0.15, 0.2) is 89.3 Å². The van der Waals surface area contributed by atoms with Crippen molar-refractivity contribution in [1.29, 1.82) is 0 Å². The Kier molecular flexibility index (Phi) is 8.52. The molecule has 0 unspecified atom stereocenters.